The molecule has 0 bridgehead atoms. The summed E-state index contributed by atoms with van der Waals surface area (Å²) in [6, 6.07) is 16.0. The van der Waals surface area contributed by atoms with Crippen molar-refractivity contribution < 1.29 is 9.53 Å². The maximum atomic E-state index is 11.4. The SMILES string of the molecule is Cc1ccc(C(C)C)c(OCCn2cc(/C=C(/C#N)C(N)=O)c3ccccc32)c1. The summed E-state index contributed by atoms with van der Waals surface area (Å²) in [6.07, 6.45) is 3.47. The first-order valence-electron chi connectivity index (χ1n) is 9.63. The van der Waals surface area contributed by atoms with E-state index in [1.54, 1.807) is 6.08 Å². The molecular formula is C24H25N3O2. The van der Waals surface area contributed by atoms with Crippen LogP contribution in [0.25, 0.3) is 17.0 Å². The highest BCUT2D eigenvalue weighted by atomic mass is 16.5. The second kappa shape index (κ2) is 8.66. The molecule has 0 fully saturated rings. The summed E-state index contributed by atoms with van der Waals surface area (Å²) in [5.74, 6) is 0.568. The molecular weight excluding hydrogens is 362 g/mol. The van der Waals surface area contributed by atoms with E-state index in [1.807, 2.05) is 36.5 Å². The number of rotatable bonds is 7. The Kier molecular flexibility index (Phi) is 6.04. The molecule has 0 atom stereocenters. The van der Waals surface area contributed by atoms with Gasteiger partial charge in [0.05, 0.1) is 6.54 Å². The Morgan fingerprint density at radius 2 is 2.03 bits per heavy atom. The van der Waals surface area contributed by atoms with E-state index < -0.39 is 5.91 Å². The number of nitrogens with zero attached hydrogens (tertiary/aromatic N) is 2. The number of aromatic nitrogens is 1. The fraction of sp³-hybridized carbons (Fsp3) is 0.250. The van der Waals surface area contributed by atoms with E-state index in [2.05, 4.69) is 43.5 Å². The summed E-state index contributed by atoms with van der Waals surface area (Å²) >= 11 is 0. The van der Waals surface area contributed by atoms with Gasteiger partial charge in [-0.3, -0.25) is 4.79 Å². The summed E-state index contributed by atoms with van der Waals surface area (Å²) in [7, 11) is 0. The molecule has 0 saturated heterocycles. The summed E-state index contributed by atoms with van der Waals surface area (Å²) in [6.45, 7) is 7.51. The summed E-state index contributed by atoms with van der Waals surface area (Å²) < 4.78 is 8.19. The van der Waals surface area contributed by atoms with Crippen LogP contribution in [0.15, 0.2) is 54.2 Å². The molecule has 0 aliphatic rings. The van der Waals surface area contributed by atoms with Gasteiger partial charge in [-0.1, -0.05) is 44.2 Å². The number of aryl methyl sites for hydroxylation is 1. The van der Waals surface area contributed by atoms with Crippen molar-refractivity contribution in [2.75, 3.05) is 6.61 Å². The predicted molar refractivity (Wildman–Crippen MR) is 115 cm³/mol. The smallest absolute Gasteiger partial charge is 0.259 e. The minimum absolute atomic E-state index is 0.0644. The van der Waals surface area contributed by atoms with Gasteiger partial charge in [0.2, 0.25) is 0 Å². The number of para-hydroxylation sites is 1. The predicted octanol–water partition coefficient (Wildman–Crippen LogP) is 4.54. The monoisotopic (exact) mass is 387 g/mol. The van der Waals surface area contributed by atoms with E-state index in [1.165, 1.54) is 11.1 Å². The molecule has 5 heteroatoms. The van der Waals surface area contributed by atoms with Crippen LogP contribution in [0.5, 0.6) is 5.75 Å². The summed E-state index contributed by atoms with van der Waals surface area (Å²) in [5, 5.41) is 10.1. The first-order valence-corrected chi connectivity index (χ1v) is 9.63. The van der Waals surface area contributed by atoms with Crippen molar-refractivity contribution >= 4 is 22.9 Å². The average Bonchev–Trinajstić information content (AvgIpc) is 3.03. The van der Waals surface area contributed by atoms with Crippen molar-refractivity contribution in [3.8, 4) is 11.8 Å². The lowest BCUT2D eigenvalue weighted by molar-refractivity contribution is -0.114. The first-order chi connectivity index (χ1) is 13.9. The van der Waals surface area contributed by atoms with Gasteiger partial charge >= 0.3 is 0 Å². The zero-order valence-corrected chi connectivity index (χ0v) is 17.0. The lowest BCUT2D eigenvalue weighted by atomic mass is 10.0. The molecule has 148 valence electrons. The third kappa shape index (κ3) is 4.49. The largest absolute Gasteiger partial charge is 0.491 e. The maximum Gasteiger partial charge on any atom is 0.259 e. The molecule has 0 unspecified atom stereocenters. The highest BCUT2D eigenvalue weighted by molar-refractivity contribution is 6.03. The Bertz CT molecular complexity index is 1120. The summed E-state index contributed by atoms with van der Waals surface area (Å²) in [4.78, 5) is 11.4. The van der Waals surface area contributed by atoms with Gasteiger partial charge in [-0.05, 0) is 42.2 Å². The van der Waals surface area contributed by atoms with E-state index in [4.69, 9.17) is 15.7 Å². The molecule has 3 rings (SSSR count). The Balaban J connectivity index is 1.86. The van der Waals surface area contributed by atoms with Crippen LogP contribution >= 0.6 is 0 Å². The number of benzene rings is 2. The fourth-order valence-corrected chi connectivity index (χ4v) is 3.39. The van der Waals surface area contributed by atoms with Crippen LogP contribution in [0.2, 0.25) is 0 Å². The minimum Gasteiger partial charge on any atom is -0.491 e. The number of fused-ring (bicyclic) bond motifs is 1. The molecule has 1 amide bonds. The van der Waals surface area contributed by atoms with E-state index in [-0.39, 0.29) is 5.57 Å². The van der Waals surface area contributed by atoms with Gasteiger partial charge in [0, 0.05) is 22.7 Å². The normalized spacial score (nSPS) is 11.6. The molecule has 29 heavy (non-hydrogen) atoms. The molecule has 5 nitrogen and oxygen atoms in total. The lowest BCUT2D eigenvalue weighted by Gasteiger charge is -2.15. The van der Waals surface area contributed by atoms with E-state index in [0.717, 1.165) is 22.2 Å². The molecule has 0 saturated carbocycles. The van der Waals surface area contributed by atoms with Crippen molar-refractivity contribution in [1.29, 1.82) is 5.26 Å². The zero-order valence-electron chi connectivity index (χ0n) is 17.0. The number of hydrogen-bond donors (Lipinski definition) is 1. The van der Waals surface area contributed by atoms with Crippen LogP contribution in [-0.4, -0.2) is 17.1 Å². The van der Waals surface area contributed by atoms with Crippen molar-refractivity contribution in [1.82, 2.24) is 4.57 Å². The molecule has 2 aromatic carbocycles. The van der Waals surface area contributed by atoms with E-state index >= 15 is 0 Å². The Morgan fingerprint density at radius 1 is 1.28 bits per heavy atom. The number of ether oxygens (including phenoxy) is 1. The maximum absolute atomic E-state index is 11.4. The second-order valence-electron chi connectivity index (χ2n) is 7.37. The number of carbonyl (C=O) groups excluding carboxylic acids is 1. The van der Waals surface area contributed by atoms with Crippen LogP contribution in [0.1, 0.15) is 36.5 Å². The number of nitriles is 1. The van der Waals surface area contributed by atoms with E-state index in [9.17, 15) is 4.79 Å². The highest BCUT2D eigenvalue weighted by Crippen LogP contribution is 2.28. The van der Waals surface area contributed by atoms with Crippen LogP contribution in [0.4, 0.5) is 0 Å². The Morgan fingerprint density at radius 3 is 2.72 bits per heavy atom. The topological polar surface area (TPSA) is 81.0 Å². The average molecular weight is 387 g/mol. The standard InChI is InChI=1S/C24H25N3O2/c1-16(2)20-9-8-17(3)12-23(20)29-11-10-27-15-19(13-18(14-25)24(26)28)21-6-4-5-7-22(21)27/h4-9,12-13,15-16H,10-11H2,1-3H3,(H2,26,28)/b18-13-. The molecule has 0 spiro atoms. The van der Waals surface area contributed by atoms with Crippen LogP contribution in [0, 0.1) is 18.3 Å². The van der Waals surface area contributed by atoms with Crippen LogP contribution in [0.3, 0.4) is 0 Å². The second-order valence-corrected chi connectivity index (χ2v) is 7.37. The molecule has 0 aliphatic heterocycles. The number of amides is 1. The summed E-state index contributed by atoms with van der Waals surface area (Å²) in [5.41, 5.74) is 9.38. The molecule has 3 aromatic rings. The third-order valence-electron chi connectivity index (χ3n) is 4.89. The third-order valence-corrected chi connectivity index (χ3v) is 4.89. The Hall–Kier alpha value is -3.52. The van der Waals surface area contributed by atoms with Gasteiger partial charge in [-0.25, -0.2) is 0 Å². The van der Waals surface area contributed by atoms with Crippen molar-refractivity contribution in [2.24, 2.45) is 5.73 Å². The lowest BCUT2D eigenvalue weighted by Crippen LogP contribution is -2.12. The van der Waals surface area contributed by atoms with Gasteiger partial charge in [-0.15, -0.1) is 0 Å². The number of hydrogen-bond acceptors (Lipinski definition) is 3. The zero-order chi connectivity index (χ0) is 21.0. The Labute approximate surface area is 171 Å². The van der Waals surface area contributed by atoms with Crippen molar-refractivity contribution in [3.63, 3.8) is 0 Å². The van der Waals surface area contributed by atoms with Gasteiger partial charge in [0.15, 0.2) is 0 Å². The van der Waals surface area contributed by atoms with Crippen molar-refractivity contribution in [2.45, 2.75) is 33.2 Å². The van der Waals surface area contributed by atoms with Gasteiger partial charge in [0.25, 0.3) is 5.91 Å². The minimum atomic E-state index is -0.728. The van der Waals surface area contributed by atoms with Crippen LogP contribution in [-0.2, 0) is 11.3 Å². The van der Waals surface area contributed by atoms with Crippen molar-refractivity contribution in [3.05, 3.63) is 70.9 Å². The number of primary amides is 1. The molecule has 2 N–H and O–H groups in total. The number of carbonyl (C=O) groups is 1. The fourth-order valence-electron chi connectivity index (χ4n) is 3.39. The molecule has 1 heterocycles. The van der Waals surface area contributed by atoms with Gasteiger partial charge < -0.3 is 15.0 Å². The van der Waals surface area contributed by atoms with Crippen LogP contribution < -0.4 is 10.5 Å². The first kappa shape index (κ1) is 20.2. The highest BCUT2D eigenvalue weighted by Gasteiger charge is 2.11. The van der Waals surface area contributed by atoms with Gasteiger partial charge in [-0.2, -0.15) is 5.26 Å². The molecule has 0 radical (unpaired) electrons. The molecule has 0 aliphatic carbocycles. The van der Waals surface area contributed by atoms with E-state index in [0.29, 0.717) is 19.1 Å². The quantitative estimate of drug-likeness (QED) is 0.477. The number of nitrogens with two attached hydrogens (primary N) is 1. The van der Waals surface area contributed by atoms with Gasteiger partial charge in [0.1, 0.15) is 24.0 Å². The molecule has 1 aromatic heterocycles.